The molecule has 0 spiro atoms. The van der Waals surface area contributed by atoms with Crippen LogP contribution < -0.4 is 10.1 Å². The molecule has 0 amide bonds. The summed E-state index contributed by atoms with van der Waals surface area (Å²) in [5.41, 5.74) is -5.29. The maximum Gasteiger partial charge on any atom is 0.501 e. The van der Waals surface area contributed by atoms with E-state index in [0.717, 1.165) is 18.7 Å². The van der Waals surface area contributed by atoms with Gasteiger partial charge < -0.3 is 10.1 Å². The molecule has 1 rings (SSSR count). The lowest BCUT2D eigenvalue weighted by molar-refractivity contribution is -0.0436. The molecule has 0 aromatic heterocycles. The quantitative estimate of drug-likeness (QED) is 0.816. The highest BCUT2D eigenvalue weighted by Gasteiger charge is 2.46. The van der Waals surface area contributed by atoms with Crippen LogP contribution in [0.25, 0.3) is 0 Å². The third-order valence-corrected chi connectivity index (χ3v) is 3.74. The van der Waals surface area contributed by atoms with Gasteiger partial charge in [0.15, 0.2) is 0 Å². The van der Waals surface area contributed by atoms with Crippen LogP contribution in [-0.4, -0.2) is 33.6 Å². The molecular weight excluding hydrogens is 283 g/mol. The fourth-order valence-electron chi connectivity index (χ4n) is 1.27. The molecule has 108 valence electrons. The molecule has 19 heavy (non-hydrogen) atoms. The summed E-state index contributed by atoms with van der Waals surface area (Å²) in [6.07, 6.45) is 0. The Kier molecular flexibility index (Phi) is 5.19. The van der Waals surface area contributed by atoms with Crippen molar-refractivity contribution < 1.29 is 26.3 Å². The van der Waals surface area contributed by atoms with Crippen LogP contribution in [0.15, 0.2) is 29.2 Å². The third kappa shape index (κ3) is 4.10. The minimum Gasteiger partial charge on any atom is -0.492 e. The summed E-state index contributed by atoms with van der Waals surface area (Å²) in [5, 5.41) is 3.00. The first kappa shape index (κ1) is 15.8. The zero-order chi connectivity index (χ0) is 14.5. The van der Waals surface area contributed by atoms with Crippen LogP contribution in [0.1, 0.15) is 6.92 Å². The summed E-state index contributed by atoms with van der Waals surface area (Å²) < 4.78 is 64.2. The molecule has 8 heteroatoms. The van der Waals surface area contributed by atoms with E-state index in [1.165, 1.54) is 12.1 Å². The summed E-state index contributed by atoms with van der Waals surface area (Å²) in [6, 6.07) is 4.16. The molecular formula is C11H14F3NO3S. The number of ether oxygens (including phenoxy) is 1. The molecule has 1 aromatic carbocycles. The van der Waals surface area contributed by atoms with Crippen molar-refractivity contribution in [3.8, 4) is 5.75 Å². The third-order valence-electron chi connectivity index (χ3n) is 2.24. The van der Waals surface area contributed by atoms with Crippen LogP contribution in [-0.2, 0) is 9.84 Å². The van der Waals surface area contributed by atoms with E-state index in [2.05, 4.69) is 5.32 Å². The Balaban J connectivity index is 2.72. The standard InChI is InChI=1S/C11H14F3NO3S/c1-2-15-7-8-18-9-3-5-10(6-4-9)19(16,17)11(12,13)14/h3-6,15H,2,7-8H2,1H3. The number of halogens is 3. The van der Waals surface area contributed by atoms with Gasteiger partial charge in [-0.2, -0.15) is 13.2 Å². The highest BCUT2D eigenvalue weighted by Crippen LogP contribution is 2.30. The number of sulfone groups is 1. The molecule has 0 unspecified atom stereocenters. The van der Waals surface area contributed by atoms with E-state index in [1.54, 1.807) is 0 Å². The van der Waals surface area contributed by atoms with E-state index in [9.17, 15) is 21.6 Å². The Bertz CT molecular complexity index is 497. The fraction of sp³-hybridized carbons (Fsp3) is 0.455. The van der Waals surface area contributed by atoms with Gasteiger partial charge in [-0.05, 0) is 30.8 Å². The van der Waals surface area contributed by atoms with Crippen molar-refractivity contribution in [3.05, 3.63) is 24.3 Å². The number of likely N-dealkylation sites (N-methyl/N-ethyl adjacent to an activating group) is 1. The molecule has 0 bridgehead atoms. The number of rotatable bonds is 6. The predicted molar refractivity (Wildman–Crippen MR) is 63.7 cm³/mol. The fourth-order valence-corrected chi connectivity index (χ4v) is 2.03. The lowest BCUT2D eigenvalue weighted by Gasteiger charge is -2.09. The Morgan fingerprint density at radius 3 is 2.26 bits per heavy atom. The van der Waals surface area contributed by atoms with Crippen molar-refractivity contribution >= 4 is 9.84 Å². The van der Waals surface area contributed by atoms with Gasteiger partial charge in [0.2, 0.25) is 0 Å². The van der Waals surface area contributed by atoms with E-state index in [4.69, 9.17) is 4.74 Å². The molecule has 0 saturated heterocycles. The van der Waals surface area contributed by atoms with Crippen LogP contribution in [0, 0.1) is 0 Å². The summed E-state index contributed by atoms with van der Waals surface area (Å²) in [7, 11) is -5.29. The zero-order valence-electron chi connectivity index (χ0n) is 10.2. The largest absolute Gasteiger partial charge is 0.501 e. The monoisotopic (exact) mass is 297 g/mol. The molecule has 0 aliphatic carbocycles. The Morgan fingerprint density at radius 1 is 1.21 bits per heavy atom. The van der Waals surface area contributed by atoms with Crippen molar-refractivity contribution in [2.24, 2.45) is 0 Å². The minimum atomic E-state index is -5.29. The van der Waals surface area contributed by atoms with Gasteiger partial charge in [0.1, 0.15) is 12.4 Å². The molecule has 0 atom stereocenters. The number of alkyl halides is 3. The van der Waals surface area contributed by atoms with E-state index >= 15 is 0 Å². The van der Waals surface area contributed by atoms with Crippen LogP contribution in [0.4, 0.5) is 13.2 Å². The van der Waals surface area contributed by atoms with Gasteiger partial charge in [0.05, 0.1) is 4.90 Å². The van der Waals surface area contributed by atoms with Gasteiger partial charge >= 0.3 is 5.51 Å². The first-order chi connectivity index (χ1) is 8.79. The Morgan fingerprint density at radius 2 is 1.79 bits per heavy atom. The van der Waals surface area contributed by atoms with Crippen LogP contribution in [0.5, 0.6) is 5.75 Å². The molecule has 1 aromatic rings. The summed E-state index contributed by atoms with van der Waals surface area (Å²) in [6.45, 7) is 3.65. The maximum atomic E-state index is 12.3. The molecule has 0 aliphatic heterocycles. The van der Waals surface area contributed by atoms with Crippen LogP contribution in [0.2, 0.25) is 0 Å². The molecule has 0 heterocycles. The van der Waals surface area contributed by atoms with E-state index in [-0.39, 0.29) is 0 Å². The van der Waals surface area contributed by atoms with Crippen molar-refractivity contribution in [1.29, 1.82) is 0 Å². The summed E-state index contributed by atoms with van der Waals surface area (Å²) >= 11 is 0. The second-order valence-corrected chi connectivity index (χ2v) is 5.56. The predicted octanol–water partition coefficient (Wildman–Crippen LogP) is 1.97. The highest BCUT2D eigenvalue weighted by molar-refractivity contribution is 7.92. The van der Waals surface area contributed by atoms with Gasteiger partial charge in [-0.25, -0.2) is 8.42 Å². The topological polar surface area (TPSA) is 55.4 Å². The number of hydrogen-bond acceptors (Lipinski definition) is 4. The van der Waals surface area contributed by atoms with Crippen molar-refractivity contribution in [2.45, 2.75) is 17.3 Å². The number of hydrogen-bond donors (Lipinski definition) is 1. The molecule has 0 saturated carbocycles. The lowest BCUT2D eigenvalue weighted by atomic mass is 10.3. The number of benzene rings is 1. The van der Waals surface area contributed by atoms with E-state index < -0.39 is 20.2 Å². The normalized spacial score (nSPS) is 12.4. The van der Waals surface area contributed by atoms with Gasteiger partial charge in [-0.3, -0.25) is 0 Å². The molecule has 0 radical (unpaired) electrons. The van der Waals surface area contributed by atoms with Gasteiger partial charge in [-0.15, -0.1) is 0 Å². The second kappa shape index (κ2) is 6.25. The Hall–Kier alpha value is -1.28. The summed E-state index contributed by atoms with van der Waals surface area (Å²) in [4.78, 5) is -0.793. The first-order valence-corrected chi connectivity index (χ1v) is 7.02. The average molecular weight is 297 g/mol. The molecule has 0 aliphatic rings. The zero-order valence-corrected chi connectivity index (χ0v) is 11.0. The van der Waals surface area contributed by atoms with Crippen molar-refractivity contribution in [1.82, 2.24) is 5.32 Å². The van der Waals surface area contributed by atoms with Crippen molar-refractivity contribution in [2.75, 3.05) is 19.7 Å². The molecule has 4 nitrogen and oxygen atoms in total. The van der Waals surface area contributed by atoms with Gasteiger partial charge in [0.25, 0.3) is 9.84 Å². The van der Waals surface area contributed by atoms with Crippen molar-refractivity contribution in [3.63, 3.8) is 0 Å². The Labute approximate surface area is 109 Å². The lowest BCUT2D eigenvalue weighted by Crippen LogP contribution is -2.23. The van der Waals surface area contributed by atoms with E-state index in [1.807, 2.05) is 6.92 Å². The van der Waals surface area contributed by atoms with Crippen LogP contribution >= 0.6 is 0 Å². The molecule has 1 N–H and O–H groups in total. The van der Waals surface area contributed by atoms with Gasteiger partial charge in [-0.1, -0.05) is 6.92 Å². The van der Waals surface area contributed by atoms with E-state index in [0.29, 0.717) is 18.9 Å². The minimum absolute atomic E-state index is 0.319. The smallest absolute Gasteiger partial charge is 0.492 e. The number of nitrogens with one attached hydrogen (secondary N) is 1. The second-order valence-electron chi connectivity index (χ2n) is 3.62. The SMILES string of the molecule is CCNCCOc1ccc(S(=O)(=O)C(F)(F)F)cc1. The highest BCUT2D eigenvalue weighted by atomic mass is 32.2. The maximum absolute atomic E-state index is 12.3. The first-order valence-electron chi connectivity index (χ1n) is 5.54. The average Bonchev–Trinajstić information content (AvgIpc) is 2.34. The summed E-state index contributed by atoms with van der Waals surface area (Å²) in [5.74, 6) is 0.319. The van der Waals surface area contributed by atoms with Crippen LogP contribution in [0.3, 0.4) is 0 Å². The van der Waals surface area contributed by atoms with Gasteiger partial charge in [0, 0.05) is 6.54 Å². The molecule has 0 fully saturated rings.